The zero-order chi connectivity index (χ0) is 32.8. The van der Waals surface area contributed by atoms with E-state index in [1.165, 1.54) is 12.8 Å². The number of hydrogen-bond acceptors (Lipinski definition) is 6. The monoisotopic (exact) mass is 654 g/mol. The van der Waals surface area contributed by atoms with Gasteiger partial charge in [-0.05, 0) is 97.0 Å². The lowest BCUT2D eigenvalue weighted by molar-refractivity contribution is -0.111. The van der Waals surface area contributed by atoms with Gasteiger partial charge in [0.1, 0.15) is 12.4 Å². The summed E-state index contributed by atoms with van der Waals surface area (Å²) in [4.78, 5) is 20.3. The van der Waals surface area contributed by atoms with Crippen molar-refractivity contribution < 1.29 is 18.5 Å². The lowest BCUT2D eigenvalue weighted by Crippen LogP contribution is -2.18. The van der Waals surface area contributed by atoms with Crippen molar-refractivity contribution in [2.24, 2.45) is 0 Å². The fraction of sp³-hybridized carbons (Fsp3) is 0.368. The first-order valence-electron chi connectivity index (χ1n) is 16.7. The van der Waals surface area contributed by atoms with Gasteiger partial charge in [-0.1, -0.05) is 38.5 Å². The zero-order valence-corrected chi connectivity index (χ0v) is 28.3. The van der Waals surface area contributed by atoms with Gasteiger partial charge in [0.15, 0.2) is 0 Å². The molecule has 0 radical (unpaired) electrons. The molecular formula is C38H46N4O4S. The van der Waals surface area contributed by atoms with Gasteiger partial charge in [0, 0.05) is 54.8 Å². The van der Waals surface area contributed by atoms with Crippen LogP contribution in [0, 0.1) is 0 Å². The van der Waals surface area contributed by atoms with Crippen LogP contribution in [0.15, 0.2) is 90.2 Å². The molecule has 0 saturated carbocycles. The molecule has 1 aliphatic heterocycles. The number of carbonyl (C=O) groups excluding carboxylic acids is 1. The number of ether oxygens (including phenoxy) is 2. The van der Waals surface area contributed by atoms with Gasteiger partial charge in [-0.15, -0.1) is 0 Å². The van der Waals surface area contributed by atoms with Crippen molar-refractivity contribution in [1.29, 1.82) is 0 Å². The minimum Gasteiger partial charge on any atom is -0.491 e. The van der Waals surface area contributed by atoms with Crippen molar-refractivity contribution >= 4 is 34.2 Å². The van der Waals surface area contributed by atoms with Gasteiger partial charge >= 0.3 is 0 Å². The number of carbonyl (C=O) groups is 1. The van der Waals surface area contributed by atoms with Crippen LogP contribution < -0.4 is 15.0 Å². The number of anilines is 2. The third kappa shape index (κ3) is 9.89. The van der Waals surface area contributed by atoms with Gasteiger partial charge < -0.3 is 24.3 Å². The summed E-state index contributed by atoms with van der Waals surface area (Å²) in [6, 6.07) is 21.8. The second-order valence-corrected chi connectivity index (χ2v) is 13.2. The molecule has 4 aromatic rings. The van der Waals surface area contributed by atoms with E-state index >= 15 is 0 Å². The van der Waals surface area contributed by atoms with Gasteiger partial charge in [-0.2, -0.15) is 0 Å². The van der Waals surface area contributed by atoms with Crippen molar-refractivity contribution in [3.05, 3.63) is 96.6 Å². The van der Waals surface area contributed by atoms with E-state index in [1.54, 1.807) is 30.7 Å². The van der Waals surface area contributed by atoms with Crippen LogP contribution in [0.3, 0.4) is 0 Å². The Labute approximate surface area is 281 Å². The molecule has 1 atom stereocenters. The number of imidazole rings is 1. The Hall–Kier alpha value is -4.21. The Kier molecular flexibility index (Phi) is 12.8. The summed E-state index contributed by atoms with van der Waals surface area (Å²) in [6.07, 6.45) is 12.6. The Bertz CT molecular complexity index is 1630. The molecule has 2 heterocycles. The van der Waals surface area contributed by atoms with E-state index in [0.29, 0.717) is 29.5 Å². The molecule has 47 heavy (non-hydrogen) atoms. The summed E-state index contributed by atoms with van der Waals surface area (Å²) < 4.78 is 26.5. The fourth-order valence-corrected chi connectivity index (χ4v) is 6.71. The van der Waals surface area contributed by atoms with E-state index in [1.807, 2.05) is 34.9 Å². The molecule has 0 bridgehead atoms. The van der Waals surface area contributed by atoms with E-state index in [-0.39, 0.29) is 5.91 Å². The molecule has 1 saturated heterocycles. The van der Waals surface area contributed by atoms with Crippen molar-refractivity contribution in [3.63, 3.8) is 0 Å². The summed E-state index contributed by atoms with van der Waals surface area (Å²) in [5.74, 6) is 0.997. The van der Waals surface area contributed by atoms with Crippen LogP contribution >= 0.6 is 0 Å². The number of benzene rings is 3. The SMILES string of the molecule is CCCCOCCOc1ccc(-c2ccc(N3CCCC3)c(C=CC(=O)Nc3ccc(S(=O)Cc4cncn4CCC)cc3)c2)cc1. The average Bonchev–Trinajstić information content (AvgIpc) is 3.79. The van der Waals surface area contributed by atoms with Gasteiger partial charge in [0.2, 0.25) is 5.91 Å². The molecule has 5 rings (SSSR count). The first-order valence-corrected chi connectivity index (χ1v) is 18.0. The Morgan fingerprint density at radius 1 is 0.936 bits per heavy atom. The molecule has 0 spiro atoms. The summed E-state index contributed by atoms with van der Waals surface area (Å²) >= 11 is 0. The number of hydrogen-bond donors (Lipinski definition) is 1. The van der Waals surface area contributed by atoms with Gasteiger partial charge in [-0.3, -0.25) is 9.00 Å². The predicted octanol–water partition coefficient (Wildman–Crippen LogP) is 7.72. The lowest BCUT2D eigenvalue weighted by atomic mass is 10.0. The number of aryl methyl sites for hydroxylation is 1. The highest BCUT2D eigenvalue weighted by Crippen LogP contribution is 2.31. The van der Waals surface area contributed by atoms with E-state index in [2.05, 4.69) is 59.4 Å². The van der Waals surface area contributed by atoms with Crippen LogP contribution in [0.25, 0.3) is 17.2 Å². The number of aromatic nitrogens is 2. The molecule has 0 aliphatic carbocycles. The predicted molar refractivity (Wildman–Crippen MR) is 191 cm³/mol. The molecule has 3 aromatic carbocycles. The molecule has 1 fully saturated rings. The average molecular weight is 655 g/mol. The molecule has 1 unspecified atom stereocenters. The normalized spacial score (nSPS) is 13.7. The maximum absolute atomic E-state index is 13.0. The van der Waals surface area contributed by atoms with Crippen molar-refractivity contribution in [2.75, 3.05) is 43.1 Å². The smallest absolute Gasteiger partial charge is 0.248 e. The van der Waals surface area contributed by atoms with Crippen molar-refractivity contribution in [1.82, 2.24) is 9.55 Å². The van der Waals surface area contributed by atoms with Gasteiger partial charge in [0.05, 0.1) is 35.2 Å². The molecule has 9 heteroatoms. The number of amides is 1. The first-order chi connectivity index (χ1) is 23.0. The maximum Gasteiger partial charge on any atom is 0.248 e. The van der Waals surface area contributed by atoms with E-state index in [9.17, 15) is 9.00 Å². The fourth-order valence-electron chi connectivity index (χ4n) is 5.59. The number of nitrogens with one attached hydrogen (secondary N) is 1. The van der Waals surface area contributed by atoms with Gasteiger partial charge in [0.25, 0.3) is 0 Å². The summed E-state index contributed by atoms with van der Waals surface area (Å²) in [5.41, 5.74) is 5.89. The van der Waals surface area contributed by atoms with E-state index in [0.717, 1.165) is 79.3 Å². The van der Waals surface area contributed by atoms with Crippen LogP contribution in [0.5, 0.6) is 5.75 Å². The van der Waals surface area contributed by atoms with Crippen molar-refractivity contribution in [2.45, 2.75) is 63.1 Å². The highest BCUT2D eigenvalue weighted by Gasteiger charge is 2.16. The summed E-state index contributed by atoms with van der Waals surface area (Å²) in [7, 11) is -1.21. The van der Waals surface area contributed by atoms with Crippen LogP contribution in [-0.2, 0) is 32.6 Å². The molecule has 1 amide bonds. The molecular weight excluding hydrogens is 609 g/mol. The van der Waals surface area contributed by atoms with Crippen LogP contribution in [0.1, 0.15) is 57.2 Å². The maximum atomic E-state index is 13.0. The molecule has 1 N–H and O–H groups in total. The lowest BCUT2D eigenvalue weighted by Gasteiger charge is -2.21. The van der Waals surface area contributed by atoms with Crippen LogP contribution in [-0.4, -0.2) is 52.6 Å². The van der Waals surface area contributed by atoms with Crippen molar-refractivity contribution in [3.8, 4) is 16.9 Å². The molecule has 8 nitrogen and oxygen atoms in total. The minimum atomic E-state index is -1.21. The van der Waals surface area contributed by atoms with E-state index in [4.69, 9.17) is 9.47 Å². The molecule has 248 valence electrons. The second-order valence-electron chi connectivity index (χ2n) is 11.7. The van der Waals surface area contributed by atoms with Crippen LogP contribution in [0.4, 0.5) is 11.4 Å². The first kappa shape index (κ1) is 34.1. The summed E-state index contributed by atoms with van der Waals surface area (Å²) in [5, 5.41) is 2.95. The van der Waals surface area contributed by atoms with E-state index < -0.39 is 10.8 Å². The number of nitrogens with zero attached hydrogens (tertiary/aromatic N) is 3. The van der Waals surface area contributed by atoms with Crippen LogP contribution in [0.2, 0.25) is 0 Å². The topological polar surface area (TPSA) is 85.7 Å². The highest BCUT2D eigenvalue weighted by atomic mass is 32.2. The standard InChI is InChI=1S/C38H46N4O4S/c1-3-5-23-45-24-25-46-35-14-8-30(9-15-35)31-10-18-37(41-21-6-7-22-41)32(26-31)11-19-38(43)40-33-12-16-36(17-13-33)47(44)28-34-27-39-29-42(34)20-4-2/h8-19,26-27,29H,3-7,20-25,28H2,1-2H3,(H,40,43). The van der Waals surface area contributed by atoms with Gasteiger partial charge in [-0.25, -0.2) is 4.98 Å². The number of unbranched alkanes of at least 4 members (excludes halogenated alkanes) is 1. The molecule has 1 aliphatic rings. The second kappa shape index (κ2) is 17.6. The minimum absolute atomic E-state index is 0.222. The Morgan fingerprint density at radius 2 is 1.70 bits per heavy atom. The Balaban J connectivity index is 1.22. The third-order valence-electron chi connectivity index (χ3n) is 8.14. The largest absolute Gasteiger partial charge is 0.491 e. The molecule has 1 aromatic heterocycles. The number of rotatable bonds is 17. The highest BCUT2D eigenvalue weighted by molar-refractivity contribution is 7.84. The zero-order valence-electron chi connectivity index (χ0n) is 27.5. The third-order valence-corrected chi connectivity index (χ3v) is 9.50. The Morgan fingerprint density at radius 3 is 2.45 bits per heavy atom. The quantitative estimate of drug-likeness (QED) is 0.0927. The summed E-state index contributed by atoms with van der Waals surface area (Å²) in [6.45, 7) is 9.02.